The second-order valence-electron chi connectivity index (χ2n) is 4.85. The molecule has 2 amide bonds. The van der Waals surface area contributed by atoms with E-state index >= 15 is 0 Å². The van der Waals surface area contributed by atoms with Gasteiger partial charge in [-0.1, -0.05) is 6.92 Å². The molecule has 7 nitrogen and oxygen atoms in total. The largest absolute Gasteiger partial charge is 0.479 e. The van der Waals surface area contributed by atoms with Gasteiger partial charge in [0, 0.05) is 32.7 Å². The lowest BCUT2D eigenvalue weighted by Crippen LogP contribution is -2.56. The zero-order valence-corrected chi connectivity index (χ0v) is 11.2. The Hall–Kier alpha value is -1.34. The molecule has 2 aliphatic heterocycles. The van der Waals surface area contributed by atoms with Gasteiger partial charge in [-0.15, -0.1) is 0 Å². The molecule has 0 spiro atoms. The van der Waals surface area contributed by atoms with Crippen LogP contribution in [-0.2, 0) is 9.53 Å². The number of hydrogen-bond acceptors (Lipinski definition) is 4. The molecule has 19 heavy (non-hydrogen) atoms. The van der Waals surface area contributed by atoms with E-state index in [9.17, 15) is 9.59 Å². The predicted molar refractivity (Wildman–Crippen MR) is 68.0 cm³/mol. The second kappa shape index (κ2) is 6.21. The minimum absolute atomic E-state index is 0.0645. The molecule has 1 atom stereocenters. The van der Waals surface area contributed by atoms with Gasteiger partial charge in [-0.25, -0.2) is 9.59 Å². The minimum atomic E-state index is -1.01. The highest BCUT2D eigenvalue weighted by molar-refractivity contribution is 5.77. The molecule has 1 N–H and O–H groups in total. The smallest absolute Gasteiger partial charge is 0.334 e. The van der Waals surface area contributed by atoms with Crippen molar-refractivity contribution >= 4 is 12.0 Å². The molecule has 2 saturated heterocycles. The van der Waals surface area contributed by atoms with E-state index in [0.29, 0.717) is 19.6 Å². The molecule has 2 rings (SSSR count). The Kier molecular flexibility index (Phi) is 4.60. The van der Waals surface area contributed by atoms with Gasteiger partial charge in [0.25, 0.3) is 0 Å². The molecule has 108 valence electrons. The molecular weight excluding hydrogens is 250 g/mol. The van der Waals surface area contributed by atoms with E-state index in [1.807, 2.05) is 0 Å². The van der Waals surface area contributed by atoms with Crippen molar-refractivity contribution in [1.29, 1.82) is 0 Å². The number of morpholine rings is 1. The molecule has 0 aromatic carbocycles. The summed E-state index contributed by atoms with van der Waals surface area (Å²) in [6.45, 7) is 7.20. The van der Waals surface area contributed by atoms with Crippen LogP contribution in [0.3, 0.4) is 0 Å². The number of ether oxygens (including phenoxy) is 1. The predicted octanol–water partition coefficient (Wildman–Crippen LogP) is -0.471. The molecule has 0 aromatic rings. The van der Waals surface area contributed by atoms with Crippen LogP contribution in [0.25, 0.3) is 0 Å². The van der Waals surface area contributed by atoms with E-state index in [1.165, 1.54) is 0 Å². The summed E-state index contributed by atoms with van der Waals surface area (Å²) in [7, 11) is 0. The van der Waals surface area contributed by atoms with Gasteiger partial charge >= 0.3 is 12.0 Å². The van der Waals surface area contributed by atoms with Crippen LogP contribution in [0.5, 0.6) is 0 Å². The third-order valence-corrected chi connectivity index (χ3v) is 3.70. The quantitative estimate of drug-likeness (QED) is 0.735. The molecule has 0 aliphatic carbocycles. The Bertz CT molecular complexity index is 342. The highest BCUT2D eigenvalue weighted by atomic mass is 16.5. The molecule has 0 radical (unpaired) electrons. The van der Waals surface area contributed by atoms with Crippen LogP contribution in [0.2, 0.25) is 0 Å². The van der Waals surface area contributed by atoms with Gasteiger partial charge in [0.1, 0.15) is 0 Å². The van der Waals surface area contributed by atoms with E-state index in [1.54, 1.807) is 9.80 Å². The monoisotopic (exact) mass is 271 g/mol. The van der Waals surface area contributed by atoms with Crippen LogP contribution in [0, 0.1) is 0 Å². The maximum atomic E-state index is 12.3. The SMILES string of the molecule is CCN1CCN(C(=O)N2CCOC(C(=O)O)C2)CC1. The van der Waals surface area contributed by atoms with Crippen molar-refractivity contribution in [3.8, 4) is 0 Å². The number of amides is 2. The summed E-state index contributed by atoms with van der Waals surface area (Å²) in [5, 5.41) is 8.93. The fourth-order valence-electron chi connectivity index (χ4n) is 2.43. The van der Waals surface area contributed by atoms with E-state index in [2.05, 4.69) is 11.8 Å². The van der Waals surface area contributed by atoms with Crippen molar-refractivity contribution in [2.45, 2.75) is 13.0 Å². The van der Waals surface area contributed by atoms with Crippen LogP contribution < -0.4 is 0 Å². The number of likely N-dealkylation sites (N-methyl/N-ethyl adjacent to an activating group) is 1. The summed E-state index contributed by atoms with van der Waals surface area (Å²) in [6, 6.07) is -0.0645. The van der Waals surface area contributed by atoms with Crippen LogP contribution in [0.1, 0.15) is 6.92 Å². The van der Waals surface area contributed by atoms with Crippen molar-refractivity contribution < 1.29 is 19.4 Å². The molecule has 0 bridgehead atoms. The number of aliphatic carboxylic acids is 1. The Morgan fingerprint density at radius 3 is 2.42 bits per heavy atom. The summed E-state index contributed by atoms with van der Waals surface area (Å²) in [6.07, 6.45) is -0.894. The lowest BCUT2D eigenvalue weighted by Gasteiger charge is -2.39. The summed E-state index contributed by atoms with van der Waals surface area (Å²) in [5.74, 6) is -1.01. The number of carboxylic acids is 1. The first-order valence-electron chi connectivity index (χ1n) is 6.72. The third kappa shape index (κ3) is 3.36. The van der Waals surface area contributed by atoms with Gasteiger partial charge in [-0.3, -0.25) is 0 Å². The first-order chi connectivity index (χ1) is 9.11. The highest BCUT2D eigenvalue weighted by Crippen LogP contribution is 2.11. The minimum Gasteiger partial charge on any atom is -0.479 e. The summed E-state index contributed by atoms with van der Waals surface area (Å²) in [5.41, 5.74) is 0. The number of carbonyl (C=O) groups excluding carboxylic acids is 1. The first-order valence-corrected chi connectivity index (χ1v) is 6.72. The number of carboxylic acid groups (broad SMARTS) is 1. The zero-order valence-electron chi connectivity index (χ0n) is 11.2. The van der Waals surface area contributed by atoms with Crippen LogP contribution in [-0.4, -0.2) is 90.3 Å². The third-order valence-electron chi connectivity index (χ3n) is 3.70. The molecule has 0 saturated carbocycles. The molecular formula is C12H21N3O4. The first kappa shape index (κ1) is 14.1. The van der Waals surface area contributed by atoms with Gasteiger partial charge in [0.05, 0.1) is 13.2 Å². The number of urea groups is 1. The molecule has 1 unspecified atom stereocenters. The summed E-state index contributed by atoms with van der Waals surface area (Å²) < 4.78 is 5.12. The molecule has 7 heteroatoms. The zero-order chi connectivity index (χ0) is 13.8. The van der Waals surface area contributed by atoms with Crippen LogP contribution in [0.15, 0.2) is 0 Å². The van der Waals surface area contributed by atoms with E-state index in [0.717, 1.165) is 19.6 Å². The molecule has 2 aliphatic rings. The number of hydrogen-bond donors (Lipinski definition) is 1. The topological polar surface area (TPSA) is 73.3 Å². The maximum absolute atomic E-state index is 12.3. The van der Waals surface area contributed by atoms with Crippen LogP contribution >= 0.6 is 0 Å². The highest BCUT2D eigenvalue weighted by Gasteiger charge is 2.32. The average molecular weight is 271 g/mol. The van der Waals surface area contributed by atoms with Gasteiger partial charge in [-0.05, 0) is 6.54 Å². The number of carbonyl (C=O) groups is 2. The van der Waals surface area contributed by atoms with Gasteiger partial charge in [0.2, 0.25) is 0 Å². The van der Waals surface area contributed by atoms with Crippen molar-refractivity contribution in [2.24, 2.45) is 0 Å². The lowest BCUT2D eigenvalue weighted by molar-refractivity contribution is -0.154. The van der Waals surface area contributed by atoms with Gasteiger partial charge in [-0.2, -0.15) is 0 Å². The van der Waals surface area contributed by atoms with Gasteiger partial charge in [0.15, 0.2) is 6.10 Å². The fourth-order valence-corrected chi connectivity index (χ4v) is 2.43. The fraction of sp³-hybridized carbons (Fsp3) is 0.833. The Balaban J connectivity index is 1.87. The molecule has 0 aromatic heterocycles. The van der Waals surface area contributed by atoms with Crippen molar-refractivity contribution in [3.05, 3.63) is 0 Å². The Morgan fingerprint density at radius 1 is 1.16 bits per heavy atom. The van der Waals surface area contributed by atoms with Crippen molar-refractivity contribution in [1.82, 2.24) is 14.7 Å². The number of rotatable bonds is 2. The summed E-state index contributed by atoms with van der Waals surface area (Å²) >= 11 is 0. The van der Waals surface area contributed by atoms with E-state index < -0.39 is 12.1 Å². The lowest BCUT2D eigenvalue weighted by atomic mass is 10.2. The van der Waals surface area contributed by atoms with Gasteiger partial charge < -0.3 is 24.5 Å². The maximum Gasteiger partial charge on any atom is 0.334 e. The van der Waals surface area contributed by atoms with Crippen molar-refractivity contribution in [3.63, 3.8) is 0 Å². The summed E-state index contributed by atoms with van der Waals surface area (Å²) in [4.78, 5) is 28.9. The number of nitrogens with zero attached hydrogens (tertiary/aromatic N) is 3. The standard InChI is InChI=1S/C12H21N3O4/c1-2-13-3-5-14(6-4-13)12(18)15-7-8-19-10(9-15)11(16)17/h10H,2-9H2,1H3,(H,16,17). The second-order valence-corrected chi connectivity index (χ2v) is 4.85. The Morgan fingerprint density at radius 2 is 1.84 bits per heavy atom. The van der Waals surface area contributed by atoms with Crippen molar-refractivity contribution in [2.75, 3.05) is 52.4 Å². The average Bonchev–Trinajstić information content (AvgIpc) is 2.46. The van der Waals surface area contributed by atoms with E-state index in [-0.39, 0.29) is 19.2 Å². The van der Waals surface area contributed by atoms with Crippen LogP contribution in [0.4, 0.5) is 4.79 Å². The number of piperazine rings is 1. The normalized spacial score (nSPS) is 25.4. The molecule has 2 fully saturated rings. The Labute approximate surface area is 112 Å². The van der Waals surface area contributed by atoms with E-state index in [4.69, 9.17) is 9.84 Å². The molecule has 2 heterocycles.